The van der Waals surface area contributed by atoms with Crippen molar-refractivity contribution in [2.45, 2.75) is 0 Å². The molecule has 0 radical (unpaired) electrons. The van der Waals surface area contributed by atoms with E-state index >= 15 is 0 Å². The fourth-order valence-electron chi connectivity index (χ4n) is 10.3. The van der Waals surface area contributed by atoms with Crippen molar-refractivity contribution in [2.24, 2.45) is 0 Å². The molecular formula is C60H42N2Si. The lowest BCUT2D eigenvalue weighted by atomic mass is 9.99. The van der Waals surface area contributed by atoms with Crippen molar-refractivity contribution in [3.05, 3.63) is 255 Å². The van der Waals surface area contributed by atoms with Crippen LogP contribution in [0.25, 0.3) is 77.2 Å². The van der Waals surface area contributed by atoms with Crippen LogP contribution in [-0.2, 0) is 0 Å². The molecular weight excluding hydrogens is 777 g/mol. The van der Waals surface area contributed by atoms with Crippen molar-refractivity contribution >= 4 is 72.4 Å². The smallest absolute Gasteiger partial charge is 0.179 e. The van der Waals surface area contributed by atoms with Gasteiger partial charge in [-0.3, -0.25) is 0 Å². The lowest BCUT2D eigenvalue weighted by Gasteiger charge is -2.34. The monoisotopic (exact) mass is 818 g/mol. The normalized spacial score (nSPS) is 11.8. The van der Waals surface area contributed by atoms with Gasteiger partial charge < -0.3 is 9.13 Å². The number of fused-ring (bicyclic) bond motifs is 6. The molecule has 63 heavy (non-hydrogen) atoms. The molecule has 0 aliphatic heterocycles. The Hall–Kier alpha value is -7.98. The second-order valence-corrected chi connectivity index (χ2v) is 20.3. The van der Waals surface area contributed by atoms with E-state index in [4.69, 9.17) is 0 Å². The van der Waals surface area contributed by atoms with E-state index in [1.165, 1.54) is 86.6 Å². The minimum Gasteiger partial charge on any atom is -0.309 e. The van der Waals surface area contributed by atoms with Gasteiger partial charge in [0.2, 0.25) is 0 Å². The third-order valence-electron chi connectivity index (χ3n) is 13.1. The van der Waals surface area contributed by atoms with Crippen LogP contribution in [0.3, 0.4) is 0 Å². The third-order valence-corrected chi connectivity index (χ3v) is 17.9. The predicted octanol–water partition coefficient (Wildman–Crippen LogP) is 12.6. The molecule has 0 saturated carbocycles. The average molecular weight is 819 g/mol. The Kier molecular flexibility index (Phi) is 8.87. The number of hydrogen-bond acceptors (Lipinski definition) is 0. The van der Waals surface area contributed by atoms with Crippen molar-refractivity contribution in [3.63, 3.8) is 0 Å². The molecule has 296 valence electrons. The van der Waals surface area contributed by atoms with Gasteiger partial charge >= 0.3 is 0 Å². The first-order valence-corrected chi connectivity index (χ1v) is 23.8. The van der Waals surface area contributed by atoms with Gasteiger partial charge in [-0.1, -0.05) is 212 Å². The lowest BCUT2D eigenvalue weighted by Crippen LogP contribution is -2.74. The van der Waals surface area contributed by atoms with Crippen LogP contribution in [0.4, 0.5) is 0 Å². The van der Waals surface area contributed by atoms with E-state index in [0.29, 0.717) is 0 Å². The highest BCUT2D eigenvalue weighted by Crippen LogP contribution is 2.39. The van der Waals surface area contributed by atoms with Gasteiger partial charge in [0.25, 0.3) is 0 Å². The molecule has 0 saturated heterocycles. The summed E-state index contributed by atoms with van der Waals surface area (Å²) in [6.45, 7) is 0. The Bertz CT molecular complexity index is 3490. The van der Waals surface area contributed by atoms with E-state index in [2.05, 4.69) is 264 Å². The Morgan fingerprint density at radius 2 is 0.683 bits per heavy atom. The van der Waals surface area contributed by atoms with Crippen LogP contribution in [0.5, 0.6) is 0 Å². The zero-order valence-electron chi connectivity index (χ0n) is 34.6. The molecule has 3 heteroatoms. The molecule has 0 spiro atoms. The van der Waals surface area contributed by atoms with Gasteiger partial charge in [-0.2, -0.15) is 0 Å². The van der Waals surface area contributed by atoms with Crippen molar-refractivity contribution in [3.8, 4) is 33.6 Å². The first-order valence-electron chi connectivity index (χ1n) is 21.8. The van der Waals surface area contributed by atoms with Crippen LogP contribution < -0.4 is 20.7 Å². The van der Waals surface area contributed by atoms with Crippen LogP contribution >= 0.6 is 0 Å². The topological polar surface area (TPSA) is 9.86 Å². The summed E-state index contributed by atoms with van der Waals surface area (Å²) < 4.78 is 4.92. The van der Waals surface area contributed by atoms with Gasteiger partial charge in [-0.05, 0) is 79.9 Å². The molecule has 10 aromatic carbocycles. The summed E-state index contributed by atoms with van der Waals surface area (Å²) in [7, 11) is -2.73. The molecule has 0 aliphatic rings. The molecule has 12 rings (SSSR count). The predicted molar refractivity (Wildman–Crippen MR) is 270 cm³/mol. The minimum absolute atomic E-state index is 1.15. The van der Waals surface area contributed by atoms with Crippen LogP contribution in [0.1, 0.15) is 0 Å². The zero-order valence-corrected chi connectivity index (χ0v) is 35.6. The first kappa shape index (κ1) is 36.8. The van der Waals surface area contributed by atoms with Crippen LogP contribution in [0.15, 0.2) is 255 Å². The van der Waals surface area contributed by atoms with E-state index in [1.807, 2.05) is 0 Å². The Balaban J connectivity index is 1.05. The summed E-state index contributed by atoms with van der Waals surface area (Å²) in [4.78, 5) is 0. The third kappa shape index (κ3) is 5.93. The number of rotatable bonds is 8. The van der Waals surface area contributed by atoms with Gasteiger partial charge in [0, 0.05) is 32.8 Å². The molecule has 0 aliphatic carbocycles. The second kappa shape index (κ2) is 15.2. The maximum atomic E-state index is 2.51. The summed E-state index contributed by atoms with van der Waals surface area (Å²) >= 11 is 0. The largest absolute Gasteiger partial charge is 0.309 e. The molecule has 12 aromatic rings. The highest BCUT2D eigenvalue weighted by molar-refractivity contribution is 7.20. The SMILES string of the molecule is c1ccc(-c2ccc(-c3ccccc3-n3c4ccccc4c4cc(-n5c6ccccc6c6cc([Si](c7ccccc7)(c7ccccc7)c7ccccc7)ccc65)ccc43)cc2)cc1. The standard InChI is InChI=1S/C60H42N2Si/c1-5-19-43(20-6-1)44-33-35-45(36-34-44)51-27-13-16-30-56(51)62-58-32-18-15-28-52(58)54-41-46(37-39-60(54)62)61-57-31-17-14-29-53(57)55-42-50(38-40-59(55)61)63(47-21-7-2-8-22-47,48-23-9-3-10-24-48)49-25-11-4-12-26-49/h1-42H. The number of aromatic nitrogens is 2. The van der Waals surface area contributed by atoms with E-state index in [1.54, 1.807) is 0 Å². The van der Waals surface area contributed by atoms with Gasteiger partial charge in [-0.25, -0.2) is 0 Å². The molecule has 2 heterocycles. The Labute approximate surface area is 368 Å². The molecule has 0 atom stereocenters. The molecule has 0 N–H and O–H groups in total. The zero-order chi connectivity index (χ0) is 41.7. The second-order valence-electron chi connectivity index (χ2n) is 16.4. The van der Waals surface area contributed by atoms with Gasteiger partial charge in [0.05, 0.1) is 27.8 Å². The fraction of sp³-hybridized carbons (Fsp3) is 0. The van der Waals surface area contributed by atoms with Gasteiger partial charge in [-0.15, -0.1) is 0 Å². The van der Waals surface area contributed by atoms with Crippen LogP contribution in [-0.4, -0.2) is 17.2 Å². The van der Waals surface area contributed by atoms with E-state index in [9.17, 15) is 0 Å². The molecule has 2 aromatic heterocycles. The highest BCUT2D eigenvalue weighted by atomic mass is 28.3. The Morgan fingerprint density at radius 3 is 1.30 bits per heavy atom. The minimum atomic E-state index is -2.73. The van der Waals surface area contributed by atoms with E-state index in [0.717, 1.165) is 11.4 Å². The van der Waals surface area contributed by atoms with E-state index in [-0.39, 0.29) is 0 Å². The number of hydrogen-bond donors (Lipinski definition) is 0. The highest BCUT2D eigenvalue weighted by Gasteiger charge is 2.41. The summed E-state index contributed by atoms with van der Waals surface area (Å²) in [5.41, 5.74) is 11.9. The van der Waals surface area contributed by atoms with Crippen molar-refractivity contribution in [1.29, 1.82) is 0 Å². The van der Waals surface area contributed by atoms with Gasteiger partial charge in [0.15, 0.2) is 8.07 Å². The van der Waals surface area contributed by atoms with E-state index < -0.39 is 8.07 Å². The summed E-state index contributed by atoms with van der Waals surface area (Å²) in [5, 5.41) is 10.5. The molecule has 0 bridgehead atoms. The quantitative estimate of drug-likeness (QED) is 0.107. The maximum Gasteiger partial charge on any atom is 0.179 e. The van der Waals surface area contributed by atoms with Crippen LogP contribution in [0, 0.1) is 0 Å². The number of nitrogens with zero attached hydrogens (tertiary/aromatic N) is 2. The fourth-order valence-corrected chi connectivity index (χ4v) is 15.1. The van der Waals surface area contributed by atoms with Crippen molar-refractivity contribution < 1.29 is 0 Å². The summed E-state index contributed by atoms with van der Waals surface area (Å²) in [5.74, 6) is 0. The number of benzene rings is 10. The Morgan fingerprint density at radius 1 is 0.254 bits per heavy atom. The average Bonchev–Trinajstić information content (AvgIpc) is 3.88. The molecule has 2 nitrogen and oxygen atoms in total. The molecule has 0 unspecified atom stereocenters. The summed E-state index contributed by atoms with van der Waals surface area (Å²) in [6, 6.07) is 94.1. The number of para-hydroxylation sites is 3. The van der Waals surface area contributed by atoms with Gasteiger partial charge in [0.1, 0.15) is 0 Å². The molecule has 0 amide bonds. The summed E-state index contributed by atoms with van der Waals surface area (Å²) in [6.07, 6.45) is 0. The van der Waals surface area contributed by atoms with Crippen molar-refractivity contribution in [2.75, 3.05) is 0 Å². The van der Waals surface area contributed by atoms with Crippen LogP contribution in [0.2, 0.25) is 0 Å². The molecule has 0 fully saturated rings. The lowest BCUT2D eigenvalue weighted by molar-refractivity contribution is 1.17. The first-order chi connectivity index (χ1) is 31.3. The maximum absolute atomic E-state index is 2.73. The van der Waals surface area contributed by atoms with Crippen molar-refractivity contribution in [1.82, 2.24) is 9.13 Å².